The van der Waals surface area contributed by atoms with Gasteiger partial charge in [0.15, 0.2) is 5.78 Å². The Morgan fingerprint density at radius 1 is 1.50 bits per heavy atom. The Morgan fingerprint density at radius 3 is 2.50 bits per heavy atom. The lowest BCUT2D eigenvalue weighted by atomic mass is 10.0. The molecule has 12 heavy (non-hydrogen) atoms. The third-order valence-corrected chi connectivity index (χ3v) is 2.90. The molecule has 1 aromatic carbocycles. The topological polar surface area (TPSA) is 37.3 Å². The average Bonchev–Trinajstić information content (AvgIpc) is 1.97. The largest absolute Gasteiger partial charge is 0.507 e. The number of aromatic hydroxyl groups is 1. The normalized spacial score (nSPS) is 9.92. The number of benzene rings is 1. The molecule has 1 rings (SSSR count). The molecule has 0 bridgehead atoms. The average molecular weight is 276 g/mol. The van der Waals surface area contributed by atoms with Crippen LogP contribution in [0.1, 0.15) is 22.8 Å². The molecule has 2 nitrogen and oxygen atoms in total. The summed E-state index contributed by atoms with van der Waals surface area (Å²) in [7, 11) is 0. The van der Waals surface area contributed by atoms with Gasteiger partial charge in [0.05, 0.1) is 5.56 Å². The number of halogens is 1. The number of carbonyl (C=O) groups excluding carboxylic acids is 1. The van der Waals surface area contributed by atoms with Crippen LogP contribution in [-0.2, 0) is 0 Å². The zero-order valence-electron chi connectivity index (χ0n) is 6.89. The van der Waals surface area contributed by atoms with Crippen molar-refractivity contribution in [2.24, 2.45) is 0 Å². The molecule has 0 fully saturated rings. The summed E-state index contributed by atoms with van der Waals surface area (Å²) in [6.45, 7) is 3.29. The van der Waals surface area contributed by atoms with Crippen molar-refractivity contribution in [3.8, 4) is 5.75 Å². The van der Waals surface area contributed by atoms with Crippen molar-refractivity contribution < 1.29 is 9.90 Å². The molecular formula is C9H9IO2. The summed E-state index contributed by atoms with van der Waals surface area (Å²) < 4.78 is 0.996. The standard InChI is InChI=1S/C9H9IO2/c1-5-7(10)3-4-8(12)9(5)6(2)11/h3-4,12H,1-2H3. The zero-order valence-corrected chi connectivity index (χ0v) is 9.05. The SMILES string of the molecule is CC(=O)c1c(O)ccc(I)c1C. The highest BCUT2D eigenvalue weighted by Gasteiger charge is 2.11. The van der Waals surface area contributed by atoms with E-state index in [0.29, 0.717) is 5.56 Å². The maximum absolute atomic E-state index is 11.1. The first kappa shape index (κ1) is 9.51. The minimum Gasteiger partial charge on any atom is -0.507 e. The lowest BCUT2D eigenvalue weighted by Crippen LogP contribution is -1.98. The van der Waals surface area contributed by atoms with E-state index in [1.54, 1.807) is 12.1 Å². The van der Waals surface area contributed by atoms with Crippen molar-refractivity contribution in [2.45, 2.75) is 13.8 Å². The minimum absolute atomic E-state index is 0.0698. The van der Waals surface area contributed by atoms with Crippen LogP contribution in [0.3, 0.4) is 0 Å². The van der Waals surface area contributed by atoms with Crippen molar-refractivity contribution in [3.05, 3.63) is 26.8 Å². The molecule has 3 heteroatoms. The van der Waals surface area contributed by atoms with Crippen LogP contribution in [0, 0.1) is 10.5 Å². The van der Waals surface area contributed by atoms with Crippen LogP contribution in [-0.4, -0.2) is 10.9 Å². The smallest absolute Gasteiger partial charge is 0.163 e. The molecule has 0 saturated heterocycles. The Kier molecular flexibility index (Phi) is 2.72. The first-order chi connectivity index (χ1) is 5.54. The fourth-order valence-corrected chi connectivity index (χ4v) is 1.57. The lowest BCUT2D eigenvalue weighted by Gasteiger charge is -2.05. The first-order valence-corrected chi connectivity index (χ1v) is 4.61. The monoisotopic (exact) mass is 276 g/mol. The highest BCUT2D eigenvalue weighted by Crippen LogP contribution is 2.25. The van der Waals surface area contributed by atoms with Crippen LogP contribution in [0.5, 0.6) is 5.75 Å². The summed E-state index contributed by atoms with van der Waals surface area (Å²) in [4.78, 5) is 11.1. The number of rotatable bonds is 1. The van der Waals surface area contributed by atoms with Gasteiger partial charge in [-0.2, -0.15) is 0 Å². The molecule has 0 aliphatic heterocycles. The quantitative estimate of drug-likeness (QED) is 0.632. The molecule has 0 aromatic heterocycles. The summed E-state index contributed by atoms with van der Waals surface area (Å²) in [6, 6.07) is 3.34. The molecular weight excluding hydrogens is 267 g/mol. The number of carbonyl (C=O) groups is 1. The molecule has 64 valence electrons. The molecule has 0 radical (unpaired) electrons. The molecule has 0 heterocycles. The van der Waals surface area contributed by atoms with E-state index in [9.17, 15) is 9.90 Å². The van der Waals surface area contributed by atoms with Gasteiger partial charge in [-0.05, 0) is 54.1 Å². The van der Waals surface area contributed by atoms with Crippen molar-refractivity contribution in [3.63, 3.8) is 0 Å². The molecule has 0 aliphatic carbocycles. The predicted molar refractivity (Wildman–Crippen MR) is 55.6 cm³/mol. The van der Waals surface area contributed by atoms with E-state index in [4.69, 9.17) is 0 Å². The third kappa shape index (κ3) is 1.60. The van der Waals surface area contributed by atoms with Crippen LogP contribution in [0.4, 0.5) is 0 Å². The number of Topliss-reactive ketones (excluding diaryl/α,β-unsaturated/α-hetero) is 1. The highest BCUT2D eigenvalue weighted by molar-refractivity contribution is 14.1. The van der Waals surface area contributed by atoms with Gasteiger partial charge in [-0.1, -0.05) is 0 Å². The van der Waals surface area contributed by atoms with Gasteiger partial charge in [-0.15, -0.1) is 0 Å². The van der Waals surface area contributed by atoms with E-state index < -0.39 is 0 Å². The molecule has 1 N–H and O–H groups in total. The first-order valence-electron chi connectivity index (χ1n) is 3.53. The Bertz CT molecular complexity index is 332. The Morgan fingerprint density at radius 2 is 2.08 bits per heavy atom. The molecule has 0 aliphatic rings. The van der Waals surface area contributed by atoms with E-state index in [1.165, 1.54) is 6.92 Å². The highest BCUT2D eigenvalue weighted by atomic mass is 127. The van der Waals surface area contributed by atoms with Crippen LogP contribution in [0.25, 0.3) is 0 Å². The van der Waals surface area contributed by atoms with Gasteiger partial charge in [0.25, 0.3) is 0 Å². The second kappa shape index (κ2) is 3.43. The number of phenolic OH excluding ortho intramolecular Hbond substituents is 1. The van der Waals surface area contributed by atoms with Gasteiger partial charge in [0.1, 0.15) is 5.75 Å². The summed E-state index contributed by atoms with van der Waals surface area (Å²) in [6.07, 6.45) is 0. The van der Waals surface area contributed by atoms with Gasteiger partial charge < -0.3 is 5.11 Å². The van der Waals surface area contributed by atoms with Crippen molar-refractivity contribution >= 4 is 28.4 Å². The van der Waals surface area contributed by atoms with Crippen LogP contribution < -0.4 is 0 Å². The third-order valence-electron chi connectivity index (χ3n) is 1.73. The van der Waals surface area contributed by atoms with Crippen LogP contribution >= 0.6 is 22.6 Å². The van der Waals surface area contributed by atoms with Gasteiger partial charge in [-0.3, -0.25) is 4.79 Å². The molecule has 0 saturated carbocycles. The van der Waals surface area contributed by atoms with Gasteiger partial charge in [-0.25, -0.2) is 0 Å². The van der Waals surface area contributed by atoms with E-state index >= 15 is 0 Å². The molecule has 1 aromatic rings. The fraction of sp³-hybridized carbons (Fsp3) is 0.222. The Hall–Kier alpha value is -0.580. The van der Waals surface area contributed by atoms with Gasteiger partial charge >= 0.3 is 0 Å². The maximum Gasteiger partial charge on any atom is 0.163 e. The summed E-state index contributed by atoms with van der Waals surface area (Å²) in [5.74, 6) is -0.0241. The summed E-state index contributed by atoms with van der Waals surface area (Å²) >= 11 is 2.14. The maximum atomic E-state index is 11.1. The van der Waals surface area contributed by atoms with Gasteiger partial charge in [0, 0.05) is 3.57 Å². The van der Waals surface area contributed by atoms with E-state index in [2.05, 4.69) is 22.6 Å². The number of phenols is 1. The molecule has 0 atom stereocenters. The van der Waals surface area contributed by atoms with E-state index in [1.807, 2.05) is 6.92 Å². The number of hydrogen-bond donors (Lipinski definition) is 1. The number of hydrogen-bond acceptors (Lipinski definition) is 2. The summed E-state index contributed by atoms with van der Waals surface area (Å²) in [5.41, 5.74) is 1.28. The molecule has 0 unspecified atom stereocenters. The van der Waals surface area contributed by atoms with Crippen LogP contribution in [0.2, 0.25) is 0 Å². The molecule has 0 amide bonds. The Labute approximate surface area is 84.7 Å². The fourth-order valence-electron chi connectivity index (χ4n) is 1.12. The second-order valence-corrected chi connectivity index (χ2v) is 3.78. The van der Waals surface area contributed by atoms with Crippen molar-refractivity contribution in [2.75, 3.05) is 0 Å². The van der Waals surface area contributed by atoms with E-state index in [0.717, 1.165) is 9.13 Å². The predicted octanol–water partition coefficient (Wildman–Crippen LogP) is 2.51. The lowest BCUT2D eigenvalue weighted by molar-refractivity contribution is 0.101. The van der Waals surface area contributed by atoms with Gasteiger partial charge in [0.2, 0.25) is 0 Å². The second-order valence-electron chi connectivity index (χ2n) is 2.62. The van der Waals surface area contributed by atoms with Crippen molar-refractivity contribution in [1.29, 1.82) is 0 Å². The van der Waals surface area contributed by atoms with E-state index in [-0.39, 0.29) is 11.5 Å². The summed E-state index contributed by atoms with van der Waals surface area (Å²) in [5, 5.41) is 9.36. The zero-order chi connectivity index (χ0) is 9.30. The minimum atomic E-state index is -0.0940. The number of ketones is 1. The van der Waals surface area contributed by atoms with Crippen molar-refractivity contribution in [1.82, 2.24) is 0 Å². The van der Waals surface area contributed by atoms with Crippen LogP contribution in [0.15, 0.2) is 12.1 Å². The molecule has 0 spiro atoms. The Balaban J connectivity index is 3.43.